The smallest absolute Gasteiger partial charge is 0.242 e. The molecule has 1 aromatic rings. The van der Waals surface area contributed by atoms with E-state index in [1.807, 2.05) is 68.0 Å². The molecular weight excluding hydrogens is 431 g/mol. The normalized spacial score (nSPS) is 10.6. The van der Waals surface area contributed by atoms with Gasteiger partial charge in [0.1, 0.15) is 12.4 Å². The molecule has 0 radical (unpaired) electrons. The van der Waals surface area contributed by atoms with Crippen molar-refractivity contribution >= 4 is 35.8 Å². The molecule has 0 unspecified atom stereocenters. The van der Waals surface area contributed by atoms with E-state index in [1.54, 1.807) is 0 Å². The maximum atomic E-state index is 12.2. The number of halogens is 1. The Hall–Kier alpha value is -1.51. The predicted molar refractivity (Wildman–Crippen MR) is 114 cm³/mol. The van der Waals surface area contributed by atoms with Gasteiger partial charge < -0.3 is 19.9 Å². The number of para-hydroxylation sites is 1. The molecule has 0 aliphatic heterocycles. The molecule has 0 atom stereocenters. The second kappa shape index (κ2) is 13.7. The van der Waals surface area contributed by atoms with E-state index in [1.165, 1.54) is 0 Å². The first-order valence-electron chi connectivity index (χ1n) is 8.57. The fourth-order valence-electron chi connectivity index (χ4n) is 2.26. The molecule has 0 saturated heterocycles. The van der Waals surface area contributed by atoms with Gasteiger partial charge in [-0.05, 0) is 32.9 Å². The highest BCUT2D eigenvalue weighted by atomic mass is 127. The molecule has 1 aromatic carbocycles. The van der Waals surface area contributed by atoms with Gasteiger partial charge in [0.25, 0.3) is 0 Å². The van der Waals surface area contributed by atoms with Crippen molar-refractivity contribution in [2.45, 2.75) is 20.8 Å². The number of amides is 1. The van der Waals surface area contributed by atoms with Crippen LogP contribution in [0.2, 0.25) is 0 Å². The van der Waals surface area contributed by atoms with Crippen molar-refractivity contribution in [2.75, 3.05) is 46.4 Å². The molecule has 0 bridgehead atoms. The van der Waals surface area contributed by atoms with E-state index in [9.17, 15) is 4.79 Å². The average molecular weight is 462 g/mol. The topological polar surface area (TPSA) is 57.2 Å². The summed E-state index contributed by atoms with van der Waals surface area (Å²) in [5.74, 6) is 1.66. The van der Waals surface area contributed by atoms with Gasteiger partial charge in [-0.25, -0.2) is 4.99 Å². The van der Waals surface area contributed by atoms with E-state index in [4.69, 9.17) is 4.74 Å². The Morgan fingerprint density at radius 3 is 2.36 bits per heavy atom. The minimum Gasteiger partial charge on any atom is -0.492 e. The van der Waals surface area contributed by atoms with Gasteiger partial charge in [-0.1, -0.05) is 18.2 Å². The van der Waals surface area contributed by atoms with Gasteiger partial charge in [-0.3, -0.25) is 4.79 Å². The molecule has 0 aliphatic rings. The number of rotatable bonds is 9. The first-order valence-corrected chi connectivity index (χ1v) is 8.57. The first kappa shape index (κ1) is 23.5. The van der Waals surface area contributed by atoms with E-state index in [2.05, 4.69) is 10.3 Å². The Kier molecular flexibility index (Phi) is 12.9. The third-order valence-electron chi connectivity index (χ3n) is 3.55. The van der Waals surface area contributed by atoms with E-state index in [-0.39, 0.29) is 29.9 Å². The molecule has 0 fully saturated rings. The monoisotopic (exact) mass is 462 g/mol. The fraction of sp³-hybridized carbons (Fsp3) is 0.556. The van der Waals surface area contributed by atoms with Gasteiger partial charge in [0, 0.05) is 26.7 Å². The number of carbonyl (C=O) groups excluding carboxylic acids is 1. The highest BCUT2D eigenvalue weighted by molar-refractivity contribution is 14.0. The van der Waals surface area contributed by atoms with Crippen LogP contribution in [0.15, 0.2) is 35.3 Å². The summed E-state index contributed by atoms with van der Waals surface area (Å²) in [6.07, 6.45) is 0. The number of guanidine groups is 1. The van der Waals surface area contributed by atoms with Crippen molar-refractivity contribution in [3.8, 4) is 5.75 Å². The van der Waals surface area contributed by atoms with Crippen molar-refractivity contribution in [1.29, 1.82) is 0 Å². The van der Waals surface area contributed by atoms with Gasteiger partial charge in [-0.2, -0.15) is 0 Å². The zero-order valence-electron chi connectivity index (χ0n) is 15.7. The molecule has 142 valence electrons. The highest BCUT2D eigenvalue weighted by Crippen LogP contribution is 2.07. The number of hydrogen-bond acceptors (Lipinski definition) is 3. The van der Waals surface area contributed by atoms with Crippen LogP contribution in [0.25, 0.3) is 0 Å². The van der Waals surface area contributed by atoms with Crippen LogP contribution >= 0.6 is 24.0 Å². The molecule has 1 amide bonds. The first-order chi connectivity index (χ1) is 11.6. The molecule has 0 aromatic heterocycles. The van der Waals surface area contributed by atoms with Crippen molar-refractivity contribution in [3.63, 3.8) is 0 Å². The fourth-order valence-corrected chi connectivity index (χ4v) is 2.26. The molecule has 6 nitrogen and oxygen atoms in total. The maximum Gasteiger partial charge on any atom is 0.242 e. The number of benzene rings is 1. The lowest BCUT2D eigenvalue weighted by Gasteiger charge is -2.25. The van der Waals surface area contributed by atoms with Crippen LogP contribution in [0.1, 0.15) is 20.8 Å². The van der Waals surface area contributed by atoms with Crippen LogP contribution in [0.5, 0.6) is 5.75 Å². The highest BCUT2D eigenvalue weighted by Gasteiger charge is 2.14. The standard InChI is InChI=1S/C18H30N4O2.HI/c1-5-19-18(21(4)15-17(23)22(6-2)7-3)20-13-14-24-16-11-9-8-10-12-16;/h8-12H,5-7,13-15H2,1-4H3,(H,19,20);1H. The summed E-state index contributed by atoms with van der Waals surface area (Å²) in [6.45, 7) is 9.52. The molecule has 7 heteroatoms. The molecule has 25 heavy (non-hydrogen) atoms. The summed E-state index contributed by atoms with van der Waals surface area (Å²) in [5, 5.41) is 3.21. The van der Waals surface area contributed by atoms with Gasteiger partial charge in [0.2, 0.25) is 5.91 Å². The molecule has 0 spiro atoms. The molecular formula is C18H31IN4O2. The Morgan fingerprint density at radius 2 is 1.80 bits per heavy atom. The summed E-state index contributed by atoms with van der Waals surface area (Å²) in [7, 11) is 1.88. The number of aliphatic imine (C=N–C) groups is 1. The van der Waals surface area contributed by atoms with Crippen LogP contribution in [0.4, 0.5) is 0 Å². The number of carbonyl (C=O) groups is 1. The molecule has 0 heterocycles. The predicted octanol–water partition coefficient (Wildman–Crippen LogP) is 2.45. The molecule has 1 N–H and O–H groups in total. The van der Waals surface area contributed by atoms with E-state index >= 15 is 0 Å². The zero-order chi connectivity index (χ0) is 17.8. The van der Waals surface area contributed by atoms with E-state index in [0.717, 1.165) is 31.3 Å². The zero-order valence-corrected chi connectivity index (χ0v) is 18.0. The molecule has 0 saturated carbocycles. The van der Waals surface area contributed by atoms with E-state index < -0.39 is 0 Å². The van der Waals surface area contributed by atoms with Crippen molar-refractivity contribution in [3.05, 3.63) is 30.3 Å². The summed E-state index contributed by atoms with van der Waals surface area (Å²) < 4.78 is 5.64. The van der Waals surface area contributed by atoms with Crippen molar-refractivity contribution in [1.82, 2.24) is 15.1 Å². The van der Waals surface area contributed by atoms with Crippen LogP contribution in [-0.4, -0.2) is 68.0 Å². The lowest BCUT2D eigenvalue weighted by atomic mass is 10.3. The number of hydrogen-bond donors (Lipinski definition) is 1. The van der Waals surface area contributed by atoms with Crippen LogP contribution in [0, 0.1) is 0 Å². The van der Waals surface area contributed by atoms with Gasteiger partial charge in [0.05, 0.1) is 13.1 Å². The quantitative estimate of drug-likeness (QED) is 0.265. The minimum atomic E-state index is 0. The van der Waals surface area contributed by atoms with Crippen LogP contribution < -0.4 is 10.1 Å². The second-order valence-electron chi connectivity index (χ2n) is 5.32. The largest absolute Gasteiger partial charge is 0.492 e. The summed E-state index contributed by atoms with van der Waals surface area (Å²) in [5.41, 5.74) is 0. The molecule has 1 rings (SSSR count). The summed E-state index contributed by atoms with van der Waals surface area (Å²) >= 11 is 0. The third-order valence-corrected chi connectivity index (χ3v) is 3.55. The Balaban J connectivity index is 0.00000576. The van der Waals surface area contributed by atoms with Gasteiger partial charge >= 0.3 is 0 Å². The molecule has 0 aliphatic carbocycles. The Bertz CT molecular complexity index is 507. The van der Waals surface area contributed by atoms with Gasteiger partial charge in [-0.15, -0.1) is 24.0 Å². The van der Waals surface area contributed by atoms with E-state index in [0.29, 0.717) is 19.7 Å². The minimum absolute atomic E-state index is 0. The maximum absolute atomic E-state index is 12.2. The SMILES string of the molecule is CCNC(=NCCOc1ccccc1)N(C)CC(=O)N(CC)CC.I. The third kappa shape index (κ3) is 8.94. The van der Waals surface area contributed by atoms with Crippen LogP contribution in [-0.2, 0) is 4.79 Å². The number of nitrogens with zero attached hydrogens (tertiary/aromatic N) is 3. The van der Waals surface area contributed by atoms with Crippen molar-refractivity contribution in [2.24, 2.45) is 4.99 Å². The lowest BCUT2D eigenvalue weighted by Crippen LogP contribution is -2.45. The number of ether oxygens (including phenoxy) is 1. The summed E-state index contributed by atoms with van der Waals surface area (Å²) in [4.78, 5) is 20.4. The lowest BCUT2D eigenvalue weighted by molar-refractivity contribution is -0.131. The Labute approximate surface area is 168 Å². The summed E-state index contributed by atoms with van der Waals surface area (Å²) in [6, 6.07) is 9.67. The van der Waals surface area contributed by atoms with Crippen molar-refractivity contribution < 1.29 is 9.53 Å². The average Bonchev–Trinajstić information content (AvgIpc) is 2.59. The number of nitrogens with one attached hydrogen (secondary N) is 1. The van der Waals surface area contributed by atoms with Gasteiger partial charge in [0.15, 0.2) is 5.96 Å². The Morgan fingerprint density at radius 1 is 1.16 bits per heavy atom. The second-order valence-corrected chi connectivity index (χ2v) is 5.32. The van der Waals surface area contributed by atoms with Crippen LogP contribution in [0.3, 0.4) is 0 Å². The number of likely N-dealkylation sites (N-methyl/N-ethyl adjacent to an activating group) is 2.